The smallest absolute Gasteiger partial charge is 0.180 e. The van der Waals surface area contributed by atoms with Gasteiger partial charge in [0, 0.05) is 19.6 Å². The minimum absolute atomic E-state index is 0.159. The Morgan fingerprint density at radius 1 is 1.25 bits per heavy atom. The lowest BCUT2D eigenvalue weighted by molar-refractivity contribution is 0.192. The van der Waals surface area contributed by atoms with Crippen LogP contribution in [0.4, 0.5) is 5.69 Å². The highest BCUT2D eigenvalue weighted by Gasteiger charge is 2.16. The SMILES string of the molecule is CCCS(=O)(=O)c1ccccc1NCCNCC(C)O. The molecule has 1 aromatic rings. The fourth-order valence-electron chi connectivity index (χ4n) is 1.86. The molecule has 0 saturated carbocycles. The Kier molecular flexibility index (Phi) is 6.98. The van der Waals surface area contributed by atoms with E-state index >= 15 is 0 Å². The van der Waals surface area contributed by atoms with Gasteiger partial charge < -0.3 is 15.7 Å². The van der Waals surface area contributed by atoms with Crippen LogP contribution in [0.3, 0.4) is 0 Å². The van der Waals surface area contributed by atoms with Crippen molar-refractivity contribution >= 4 is 15.5 Å². The quantitative estimate of drug-likeness (QED) is 0.598. The van der Waals surface area contributed by atoms with Gasteiger partial charge in [-0.1, -0.05) is 19.1 Å². The molecule has 0 amide bonds. The van der Waals surface area contributed by atoms with Gasteiger partial charge in [-0.25, -0.2) is 8.42 Å². The molecule has 0 aliphatic carbocycles. The summed E-state index contributed by atoms with van der Waals surface area (Å²) in [5, 5.41) is 15.3. The zero-order valence-electron chi connectivity index (χ0n) is 12.1. The molecule has 1 rings (SSSR count). The molecule has 0 aliphatic rings. The summed E-state index contributed by atoms with van der Waals surface area (Å²) in [7, 11) is -3.22. The summed E-state index contributed by atoms with van der Waals surface area (Å²) in [4.78, 5) is 0.359. The summed E-state index contributed by atoms with van der Waals surface area (Å²) < 4.78 is 24.3. The van der Waals surface area contributed by atoms with Gasteiger partial charge in [0.05, 0.1) is 22.4 Å². The number of para-hydroxylation sites is 1. The van der Waals surface area contributed by atoms with Crippen molar-refractivity contribution in [3.05, 3.63) is 24.3 Å². The molecule has 1 atom stereocenters. The highest BCUT2D eigenvalue weighted by molar-refractivity contribution is 7.91. The van der Waals surface area contributed by atoms with Crippen LogP contribution in [0.15, 0.2) is 29.2 Å². The third-order valence-corrected chi connectivity index (χ3v) is 4.72. The van der Waals surface area contributed by atoms with E-state index in [1.807, 2.05) is 13.0 Å². The van der Waals surface area contributed by atoms with E-state index in [0.29, 0.717) is 36.6 Å². The van der Waals surface area contributed by atoms with Crippen molar-refractivity contribution in [2.24, 2.45) is 0 Å². The number of hydrogen-bond donors (Lipinski definition) is 3. The van der Waals surface area contributed by atoms with Gasteiger partial charge in [-0.15, -0.1) is 0 Å². The summed E-state index contributed by atoms with van der Waals surface area (Å²) >= 11 is 0. The first-order chi connectivity index (χ1) is 9.47. The van der Waals surface area contributed by atoms with Crippen molar-refractivity contribution < 1.29 is 13.5 Å². The molecule has 0 spiro atoms. The Bertz CT molecular complexity index is 501. The largest absolute Gasteiger partial charge is 0.392 e. The Morgan fingerprint density at radius 3 is 2.60 bits per heavy atom. The molecule has 5 nitrogen and oxygen atoms in total. The standard InChI is InChI=1S/C14H24N2O3S/c1-3-10-20(18,19)14-7-5-4-6-13(14)16-9-8-15-11-12(2)17/h4-7,12,15-17H,3,8-11H2,1-2H3. The maximum Gasteiger partial charge on any atom is 0.180 e. The molecule has 0 aliphatic heterocycles. The normalized spacial score (nSPS) is 13.2. The predicted octanol–water partition coefficient (Wildman–Crippen LogP) is 1.25. The van der Waals surface area contributed by atoms with Crippen molar-refractivity contribution in [3.8, 4) is 0 Å². The Labute approximate surface area is 121 Å². The van der Waals surface area contributed by atoms with Gasteiger partial charge in [-0.2, -0.15) is 0 Å². The van der Waals surface area contributed by atoms with Gasteiger partial charge in [0.25, 0.3) is 0 Å². The summed E-state index contributed by atoms with van der Waals surface area (Å²) in [6.07, 6.45) is 0.222. The molecule has 0 bridgehead atoms. The highest BCUT2D eigenvalue weighted by Crippen LogP contribution is 2.22. The molecule has 20 heavy (non-hydrogen) atoms. The van der Waals surface area contributed by atoms with E-state index < -0.39 is 9.84 Å². The van der Waals surface area contributed by atoms with E-state index in [-0.39, 0.29) is 11.9 Å². The Morgan fingerprint density at radius 2 is 1.95 bits per heavy atom. The average molecular weight is 300 g/mol. The number of aliphatic hydroxyl groups excluding tert-OH is 1. The molecule has 0 radical (unpaired) electrons. The number of rotatable bonds is 9. The van der Waals surface area contributed by atoms with Crippen LogP contribution in [-0.4, -0.2) is 45.0 Å². The minimum atomic E-state index is -3.22. The van der Waals surface area contributed by atoms with Gasteiger partial charge in [-0.3, -0.25) is 0 Å². The summed E-state index contributed by atoms with van der Waals surface area (Å²) in [6, 6.07) is 6.96. The molecule has 0 fully saturated rings. The molecule has 3 N–H and O–H groups in total. The zero-order chi connectivity index (χ0) is 15.0. The van der Waals surface area contributed by atoms with Crippen LogP contribution >= 0.6 is 0 Å². The third-order valence-electron chi connectivity index (χ3n) is 2.75. The second-order valence-corrected chi connectivity index (χ2v) is 6.87. The predicted molar refractivity (Wildman–Crippen MR) is 81.8 cm³/mol. The maximum atomic E-state index is 12.1. The third kappa shape index (κ3) is 5.48. The molecule has 0 saturated heterocycles. The molecule has 0 aromatic heterocycles. The van der Waals surface area contributed by atoms with Crippen LogP contribution in [0.1, 0.15) is 20.3 Å². The minimum Gasteiger partial charge on any atom is -0.392 e. The van der Waals surface area contributed by atoms with E-state index in [0.717, 1.165) is 0 Å². The van der Waals surface area contributed by atoms with Crippen molar-refractivity contribution in [1.82, 2.24) is 5.32 Å². The molecular formula is C14H24N2O3S. The van der Waals surface area contributed by atoms with Crippen molar-refractivity contribution in [2.75, 3.05) is 30.7 Å². The molecule has 1 aromatic carbocycles. The Balaban J connectivity index is 2.63. The van der Waals surface area contributed by atoms with Gasteiger partial charge in [0.1, 0.15) is 0 Å². The van der Waals surface area contributed by atoms with E-state index in [1.54, 1.807) is 25.1 Å². The second kappa shape index (κ2) is 8.24. The van der Waals surface area contributed by atoms with E-state index in [4.69, 9.17) is 5.11 Å². The number of sulfone groups is 1. The first-order valence-electron chi connectivity index (χ1n) is 6.92. The molecule has 114 valence electrons. The fraction of sp³-hybridized carbons (Fsp3) is 0.571. The monoisotopic (exact) mass is 300 g/mol. The highest BCUT2D eigenvalue weighted by atomic mass is 32.2. The maximum absolute atomic E-state index is 12.1. The van der Waals surface area contributed by atoms with E-state index in [9.17, 15) is 8.42 Å². The summed E-state index contributed by atoms with van der Waals surface area (Å²) in [5.41, 5.74) is 0.639. The van der Waals surface area contributed by atoms with Crippen LogP contribution < -0.4 is 10.6 Å². The van der Waals surface area contributed by atoms with Crippen LogP contribution in [0.2, 0.25) is 0 Å². The number of benzene rings is 1. The van der Waals surface area contributed by atoms with Crippen LogP contribution in [0.25, 0.3) is 0 Å². The van der Waals surface area contributed by atoms with E-state index in [1.165, 1.54) is 0 Å². The van der Waals surface area contributed by atoms with Gasteiger partial charge >= 0.3 is 0 Å². The van der Waals surface area contributed by atoms with Gasteiger partial charge in [-0.05, 0) is 25.5 Å². The molecule has 6 heteroatoms. The lowest BCUT2D eigenvalue weighted by Gasteiger charge is -2.13. The topological polar surface area (TPSA) is 78.4 Å². The number of hydrogen-bond acceptors (Lipinski definition) is 5. The average Bonchev–Trinajstić information content (AvgIpc) is 2.38. The van der Waals surface area contributed by atoms with Crippen LogP contribution in [0.5, 0.6) is 0 Å². The fourth-order valence-corrected chi connectivity index (χ4v) is 3.38. The summed E-state index contributed by atoms with van der Waals surface area (Å²) in [5.74, 6) is 0.159. The molecular weight excluding hydrogens is 276 g/mol. The van der Waals surface area contributed by atoms with Gasteiger partial charge in [0.15, 0.2) is 9.84 Å². The van der Waals surface area contributed by atoms with Crippen LogP contribution in [-0.2, 0) is 9.84 Å². The lowest BCUT2D eigenvalue weighted by atomic mass is 10.3. The van der Waals surface area contributed by atoms with Crippen LogP contribution in [0, 0.1) is 0 Å². The first-order valence-corrected chi connectivity index (χ1v) is 8.57. The van der Waals surface area contributed by atoms with E-state index in [2.05, 4.69) is 10.6 Å². The molecule has 1 unspecified atom stereocenters. The molecule has 0 heterocycles. The van der Waals surface area contributed by atoms with Gasteiger partial charge in [0.2, 0.25) is 0 Å². The van der Waals surface area contributed by atoms with Crippen molar-refractivity contribution in [1.29, 1.82) is 0 Å². The van der Waals surface area contributed by atoms with Crippen molar-refractivity contribution in [2.45, 2.75) is 31.3 Å². The summed E-state index contributed by atoms with van der Waals surface area (Å²) in [6.45, 7) is 5.36. The number of nitrogens with one attached hydrogen (secondary N) is 2. The zero-order valence-corrected chi connectivity index (χ0v) is 12.9. The van der Waals surface area contributed by atoms with Crippen molar-refractivity contribution in [3.63, 3.8) is 0 Å². The number of anilines is 1. The number of aliphatic hydroxyl groups is 1. The second-order valence-electron chi connectivity index (χ2n) is 4.79. The Hall–Kier alpha value is -1.11. The lowest BCUT2D eigenvalue weighted by Crippen LogP contribution is -2.29. The first kappa shape index (κ1) is 16.9.